The summed E-state index contributed by atoms with van der Waals surface area (Å²) in [6.07, 6.45) is 3.79. The molecule has 0 amide bonds. The molecule has 0 bridgehead atoms. The van der Waals surface area contributed by atoms with Gasteiger partial charge in [-0.05, 0) is 37.1 Å². The first-order chi connectivity index (χ1) is 14.9. The highest BCUT2D eigenvalue weighted by Crippen LogP contribution is 2.37. The summed E-state index contributed by atoms with van der Waals surface area (Å²) in [5.74, 6) is -0.679. The Kier molecular flexibility index (Phi) is 6.01. The van der Waals surface area contributed by atoms with E-state index < -0.39 is 23.2 Å². The molecular formula is C22H21F4N5. The van der Waals surface area contributed by atoms with Gasteiger partial charge in [-0.1, -0.05) is 25.3 Å². The van der Waals surface area contributed by atoms with Crippen LogP contribution in [0.2, 0.25) is 0 Å². The molecule has 0 spiro atoms. The van der Waals surface area contributed by atoms with Crippen molar-refractivity contribution in [3.05, 3.63) is 60.2 Å². The zero-order valence-corrected chi connectivity index (χ0v) is 16.6. The first-order valence-electron chi connectivity index (χ1n) is 10.1. The number of benzene rings is 1. The summed E-state index contributed by atoms with van der Waals surface area (Å²) in [4.78, 5) is 12.9. The van der Waals surface area contributed by atoms with Crippen LogP contribution in [0.25, 0.3) is 11.3 Å². The molecule has 4 rings (SSSR count). The Morgan fingerprint density at radius 2 is 1.77 bits per heavy atom. The monoisotopic (exact) mass is 431 g/mol. The quantitative estimate of drug-likeness (QED) is 0.472. The average Bonchev–Trinajstić information content (AvgIpc) is 2.75. The molecule has 2 N–H and O–H groups in total. The van der Waals surface area contributed by atoms with Gasteiger partial charge in [0, 0.05) is 30.1 Å². The maximum atomic E-state index is 14.3. The van der Waals surface area contributed by atoms with Crippen LogP contribution in [0.15, 0.2) is 48.8 Å². The summed E-state index contributed by atoms with van der Waals surface area (Å²) in [6.45, 7) is 0. The second-order valence-corrected chi connectivity index (χ2v) is 7.47. The lowest BCUT2D eigenvalue weighted by atomic mass is 9.96. The predicted molar refractivity (Wildman–Crippen MR) is 110 cm³/mol. The van der Waals surface area contributed by atoms with Gasteiger partial charge in [0.05, 0.1) is 16.9 Å². The molecule has 5 nitrogen and oxygen atoms in total. The van der Waals surface area contributed by atoms with Gasteiger partial charge < -0.3 is 10.6 Å². The number of para-hydroxylation sites is 1. The summed E-state index contributed by atoms with van der Waals surface area (Å²) in [7, 11) is 0. The van der Waals surface area contributed by atoms with Crippen LogP contribution in [0.5, 0.6) is 0 Å². The number of nitrogens with zero attached hydrogens (tertiary/aromatic N) is 3. The lowest BCUT2D eigenvalue weighted by molar-refractivity contribution is -0.137. The average molecular weight is 431 g/mol. The molecule has 1 fully saturated rings. The molecule has 2 aromatic heterocycles. The van der Waals surface area contributed by atoms with E-state index in [-0.39, 0.29) is 17.8 Å². The van der Waals surface area contributed by atoms with Crippen LogP contribution >= 0.6 is 0 Å². The van der Waals surface area contributed by atoms with E-state index in [0.717, 1.165) is 43.9 Å². The van der Waals surface area contributed by atoms with Crippen LogP contribution in [-0.4, -0.2) is 21.0 Å². The van der Waals surface area contributed by atoms with Crippen molar-refractivity contribution in [3.63, 3.8) is 0 Å². The van der Waals surface area contributed by atoms with E-state index >= 15 is 0 Å². The fraction of sp³-hybridized carbons (Fsp3) is 0.318. The molecule has 0 aliphatic heterocycles. The molecule has 1 saturated carbocycles. The molecule has 9 heteroatoms. The molecule has 1 aromatic carbocycles. The Morgan fingerprint density at radius 1 is 0.968 bits per heavy atom. The van der Waals surface area contributed by atoms with Crippen molar-refractivity contribution in [2.75, 3.05) is 10.6 Å². The predicted octanol–water partition coefficient (Wildman–Crippen LogP) is 6.18. The van der Waals surface area contributed by atoms with Crippen LogP contribution < -0.4 is 10.6 Å². The lowest BCUT2D eigenvalue weighted by Gasteiger charge is -2.23. The van der Waals surface area contributed by atoms with Crippen molar-refractivity contribution in [1.29, 1.82) is 0 Å². The SMILES string of the molecule is Fc1cccc(C(F)(F)F)c1Nc1cc(-c2cccnc2)nc(NC2CCCCC2)n1. The van der Waals surface area contributed by atoms with E-state index in [1.807, 2.05) is 0 Å². The maximum Gasteiger partial charge on any atom is 0.418 e. The van der Waals surface area contributed by atoms with E-state index in [2.05, 4.69) is 25.6 Å². The van der Waals surface area contributed by atoms with E-state index in [4.69, 9.17) is 0 Å². The maximum absolute atomic E-state index is 14.3. The smallest absolute Gasteiger partial charge is 0.351 e. The number of anilines is 3. The van der Waals surface area contributed by atoms with Gasteiger partial charge in [-0.3, -0.25) is 4.98 Å². The third kappa shape index (κ3) is 5.10. The van der Waals surface area contributed by atoms with Crippen molar-refractivity contribution in [2.45, 2.75) is 44.3 Å². The number of halogens is 4. The molecular weight excluding hydrogens is 410 g/mol. The Morgan fingerprint density at radius 3 is 2.48 bits per heavy atom. The van der Waals surface area contributed by atoms with Crippen molar-refractivity contribution >= 4 is 17.5 Å². The zero-order chi connectivity index (χ0) is 21.8. The van der Waals surface area contributed by atoms with Crippen LogP contribution in [0.1, 0.15) is 37.7 Å². The number of aromatic nitrogens is 3. The van der Waals surface area contributed by atoms with Gasteiger partial charge in [0.1, 0.15) is 11.6 Å². The summed E-state index contributed by atoms with van der Waals surface area (Å²) in [5, 5.41) is 5.81. The van der Waals surface area contributed by atoms with Crippen molar-refractivity contribution < 1.29 is 17.6 Å². The number of hydrogen-bond donors (Lipinski definition) is 2. The Hall–Kier alpha value is -3.23. The van der Waals surface area contributed by atoms with Gasteiger partial charge in [0.25, 0.3) is 0 Å². The number of rotatable bonds is 5. The highest BCUT2D eigenvalue weighted by Gasteiger charge is 2.35. The first-order valence-corrected chi connectivity index (χ1v) is 10.1. The lowest BCUT2D eigenvalue weighted by Crippen LogP contribution is -2.23. The van der Waals surface area contributed by atoms with E-state index in [1.165, 1.54) is 12.5 Å². The molecule has 0 atom stereocenters. The van der Waals surface area contributed by atoms with Crippen LogP contribution in [0, 0.1) is 5.82 Å². The third-order valence-electron chi connectivity index (χ3n) is 5.19. The van der Waals surface area contributed by atoms with Crippen molar-refractivity contribution in [3.8, 4) is 11.3 Å². The van der Waals surface area contributed by atoms with Crippen LogP contribution in [0.3, 0.4) is 0 Å². The first kappa shape index (κ1) is 21.0. The fourth-order valence-electron chi connectivity index (χ4n) is 3.68. The summed E-state index contributed by atoms with van der Waals surface area (Å²) in [6, 6.07) is 8.02. The van der Waals surface area contributed by atoms with E-state index in [0.29, 0.717) is 11.3 Å². The Bertz CT molecular complexity index is 1030. The molecule has 162 valence electrons. The molecule has 0 saturated heterocycles. The number of pyridine rings is 1. The van der Waals surface area contributed by atoms with E-state index in [1.54, 1.807) is 24.5 Å². The van der Waals surface area contributed by atoms with Gasteiger partial charge in [-0.15, -0.1) is 0 Å². The van der Waals surface area contributed by atoms with Gasteiger partial charge >= 0.3 is 6.18 Å². The molecule has 0 unspecified atom stereocenters. The standard InChI is InChI=1S/C22H21F4N5/c23-17-10-4-9-16(22(24,25)26)20(17)30-19-12-18(14-6-5-11-27-13-14)29-21(31-19)28-15-7-2-1-3-8-15/h4-6,9-13,15H,1-3,7-8H2,(H2,28,29,30,31). The molecule has 3 aromatic rings. The molecule has 1 aliphatic rings. The van der Waals surface area contributed by atoms with Gasteiger partial charge in [-0.2, -0.15) is 18.2 Å². The fourth-order valence-corrected chi connectivity index (χ4v) is 3.68. The molecule has 1 aliphatic carbocycles. The highest BCUT2D eigenvalue weighted by atomic mass is 19.4. The number of alkyl halides is 3. The molecule has 31 heavy (non-hydrogen) atoms. The molecule has 0 radical (unpaired) electrons. The topological polar surface area (TPSA) is 62.7 Å². The van der Waals surface area contributed by atoms with Gasteiger partial charge in [0.2, 0.25) is 5.95 Å². The van der Waals surface area contributed by atoms with Gasteiger partial charge in [-0.25, -0.2) is 9.37 Å². The minimum absolute atomic E-state index is 0.0581. The minimum atomic E-state index is -4.72. The largest absolute Gasteiger partial charge is 0.418 e. The Labute approximate surface area is 177 Å². The minimum Gasteiger partial charge on any atom is -0.351 e. The second kappa shape index (κ2) is 8.87. The third-order valence-corrected chi connectivity index (χ3v) is 5.19. The normalized spacial score (nSPS) is 15.0. The number of hydrogen-bond acceptors (Lipinski definition) is 5. The summed E-state index contributed by atoms with van der Waals surface area (Å²) in [5.41, 5.74) is -0.636. The summed E-state index contributed by atoms with van der Waals surface area (Å²) >= 11 is 0. The molecule has 2 heterocycles. The Balaban J connectivity index is 1.73. The number of nitrogens with one attached hydrogen (secondary N) is 2. The van der Waals surface area contributed by atoms with Crippen LogP contribution in [0.4, 0.5) is 35.0 Å². The highest BCUT2D eigenvalue weighted by molar-refractivity contribution is 5.69. The summed E-state index contributed by atoms with van der Waals surface area (Å²) < 4.78 is 54.5. The van der Waals surface area contributed by atoms with Crippen molar-refractivity contribution in [1.82, 2.24) is 15.0 Å². The van der Waals surface area contributed by atoms with Crippen molar-refractivity contribution in [2.24, 2.45) is 0 Å². The van der Waals surface area contributed by atoms with Gasteiger partial charge in [0.15, 0.2) is 0 Å². The van der Waals surface area contributed by atoms with Crippen LogP contribution in [-0.2, 0) is 6.18 Å². The zero-order valence-electron chi connectivity index (χ0n) is 16.6. The second-order valence-electron chi connectivity index (χ2n) is 7.47. The van der Waals surface area contributed by atoms with E-state index in [9.17, 15) is 17.6 Å².